The first kappa shape index (κ1) is 14.8. The molecule has 0 aromatic heterocycles. The maximum Gasteiger partial charge on any atom is 0.236 e. The zero-order valence-electron chi connectivity index (χ0n) is 12.4. The molecule has 1 N–H and O–H groups in total. The lowest BCUT2D eigenvalue weighted by Crippen LogP contribution is -2.51. The van der Waals surface area contributed by atoms with Gasteiger partial charge < -0.3 is 15.0 Å². The first-order valence-corrected chi connectivity index (χ1v) is 7.42. The lowest BCUT2D eigenvalue weighted by Gasteiger charge is -2.38. The summed E-state index contributed by atoms with van der Waals surface area (Å²) in [5.74, 6) is 0.236. The molecule has 0 spiro atoms. The summed E-state index contributed by atoms with van der Waals surface area (Å²) in [5.41, 5.74) is 0. The van der Waals surface area contributed by atoms with Gasteiger partial charge in [0.25, 0.3) is 0 Å². The molecular weight excluding hydrogens is 242 g/mol. The van der Waals surface area contributed by atoms with Crippen LogP contribution in [-0.2, 0) is 9.53 Å². The third kappa shape index (κ3) is 3.91. The van der Waals surface area contributed by atoms with Crippen molar-refractivity contribution in [2.75, 3.05) is 39.8 Å². The summed E-state index contributed by atoms with van der Waals surface area (Å²) in [7, 11) is 1.83. The normalized spacial score (nSPS) is 32.8. The third-order valence-corrected chi connectivity index (χ3v) is 3.99. The molecule has 0 unspecified atom stereocenters. The van der Waals surface area contributed by atoms with Crippen molar-refractivity contribution in [3.05, 3.63) is 0 Å². The van der Waals surface area contributed by atoms with Crippen LogP contribution < -0.4 is 5.32 Å². The van der Waals surface area contributed by atoms with E-state index in [0.717, 1.165) is 39.0 Å². The number of nitrogens with zero attached hydrogens (tertiary/aromatic N) is 2. The maximum absolute atomic E-state index is 12.0. The molecule has 2 saturated heterocycles. The van der Waals surface area contributed by atoms with Gasteiger partial charge in [0.2, 0.25) is 5.91 Å². The first-order valence-electron chi connectivity index (χ1n) is 7.42. The highest BCUT2D eigenvalue weighted by atomic mass is 16.5. The zero-order chi connectivity index (χ0) is 13.8. The number of carbonyl (C=O) groups is 1. The van der Waals surface area contributed by atoms with Crippen LogP contribution >= 0.6 is 0 Å². The van der Waals surface area contributed by atoms with Crippen molar-refractivity contribution < 1.29 is 9.53 Å². The van der Waals surface area contributed by atoms with E-state index in [1.54, 1.807) is 0 Å². The Morgan fingerprint density at radius 2 is 2.00 bits per heavy atom. The molecule has 0 radical (unpaired) electrons. The second-order valence-corrected chi connectivity index (χ2v) is 5.89. The van der Waals surface area contributed by atoms with Gasteiger partial charge in [-0.15, -0.1) is 0 Å². The van der Waals surface area contributed by atoms with Crippen molar-refractivity contribution in [2.45, 2.75) is 44.9 Å². The van der Waals surface area contributed by atoms with Gasteiger partial charge in [-0.05, 0) is 33.7 Å². The van der Waals surface area contributed by atoms with E-state index in [1.807, 2.05) is 7.05 Å². The maximum atomic E-state index is 12.0. The van der Waals surface area contributed by atoms with Crippen molar-refractivity contribution in [2.24, 2.45) is 0 Å². The van der Waals surface area contributed by atoms with Crippen LogP contribution in [0.5, 0.6) is 0 Å². The summed E-state index contributed by atoms with van der Waals surface area (Å²) in [6.07, 6.45) is 2.86. The largest absolute Gasteiger partial charge is 0.373 e. The standard InChI is InChI=1S/C14H27N3O2/c1-11-8-16(9-12(2)19-11)10-13-5-4-6-17(13)14(18)7-15-3/h11-13,15H,4-10H2,1-3H3/t11-,12-,13+/m0/s1. The molecule has 2 rings (SSSR count). The van der Waals surface area contributed by atoms with Gasteiger partial charge in [-0.3, -0.25) is 9.69 Å². The summed E-state index contributed by atoms with van der Waals surface area (Å²) in [5, 5.41) is 2.96. The van der Waals surface area contributed by atoms with E-state index >= 15 is 0 Å². The fraction of sp³-hybridized carbons (Fsp3) is 0.929. The smallest absolute Gasteiger partial charge is 0.236 e. The van der Waals surface area contributed by atoms with Crippen LogP contribution in [-0.4, -0.2) is 73.7 Å². The predicted octanol–water partition coefficient (Wildman–Crippen LogP) is 0.306. The Hall–Kier alpha value is -0.650. The topological polar surface area (TPSA) is 44.8 Å². The number of hydrogen-bond acceptors (Lipinski definition) is 4. The Morgan fingerprint density at radius 3 is 2.63 bits per heavy atom. The summed E-state index contributed by atoms with van der Waals surface area (Å²) < 4.78 is 5.76. The zero-order valence-corrected chi connectivity index (χ0v) is 12.4. The number of morpholine rings is 1. The fourth-order valence-electron chi connectivity index (χ4n) is 3.34. The van der Waals surface area contributed by atoms with Gasteiger partial charge in [0.05, 0.1) is 18.8 Å². The summed E-state index contributed by atoms with van der Waals surface area (Å²) in [6.45, 7) is 8.58. The molecule has 0 saturated carbocycles. The second-order valence-electron chi connectivity index (χ2n) is 5.89. The average Bonchev–Trinajstić information content (AvgIpc) is 2.76. The minimum absolute atomic E-state index is 0.236. The molecule has 0 aliphatic carbocycles. The number of rotatable bonds is 4. The molecule has 2 heterocycles. The Morgan fingerprint density at radius 1 is 1.32 bits per heavy atom. The molecule has 2 fully saturated rings. The van der Waals surface area contributed by atoms with Crippen LogP contribution in [0.2, 0.25) is 0 Å². The first-order chi connectivity index (χ1) is 9.10. The Kier molecular flexibility index (Phi) is 5.19. The van der Waals surface area contributed by atoms with Gasteiger partial charge in [-0.2, -0.15) is 0 Å². The van der Waals surface area contributed by atoms with Gasteiger partial charge in [0, 0.05) is 32.2 Å². The van der Waals surface area contributed by atoms with Gasteiger partial charge in [-0.1, -0.05) is 0 Å². The van der Waals surface area contributed by atoms with Crippen molar-refractivity contribution in [3.63, 3.8) is 0 Å². The highest BCUT2D eigenvalue weighted by Crippen LogP contribution is 2.20. The quantitative estimate of drug-likeness (QED) is 0.797. The highest BCUT2D eigenvalue weighted by molar-refractivity contribution is 5.78. The third-order valence-electron chi connectivity index (χ3n) is 3.99. The molecule has 1 amide bonds. The van der Waals surface area contributed by atoms with Crippen molar-refractivity contribution in [1.82, 2.24) is 15.1 Å². The molecule has 2 aliphatic rings. The fourth-order valence-corrected chi connectivity index (χ4v) is 3.34. The summed E-state index contributed by atoms with van der Waals surface area (Å²) in [6, 6.07) is 0.387. The van der Waals surface area contributed by atoms with Crippen LogP contribution in [0, 0.1) is 0 Å². The Balaban J connectivity index is 1.88. The number of hydrogen-bond donors (Lipinski definition) is 1. The number of likely N-dealkylation sites (tertiary alicyclic amines) is 1. The molecule has 0 aromatic rings. The van der Waals surface area contributed by atoms with Crippen LogP contribution in [0.1, 0.15) is 26.7 Å². The molecule has 3 atom stereocenters. The minimum Gasteiger partial charge on any atom is -0.373 e. The van der Waals surface area contributed by atoms with E-state index in [4.69, 9.17) is 4.74 Å². The summed E-state index contributed by atoms with van der Waals surface area (Å²) >= 11 is 0. The van der Waals surface area contributed by atoms with Crippen LogP contribution in [0.4, 0.5) is 0 Å². The van der Waals surface area contributed by atoms with E-state index in [9.17, 15) is 4.79 Å². The molecule has 0 bridgehead atoms. The molecule has 5 heteroatoms. The highest BCUT2D eigenvalue weighted by Gasteiger charge is 2.31. The Labute approximate surface area is 116 Å². The molecule has 2 aliphatic heterocycles. The van der Waals surface area contributed by atoms with Crippen molar-refractivity contribution in [1.29, 1.82) is 0 Å². The van der Waals surface area contributed by atoms with Crippen LogP contribution in [0.3, 0.4) is 0 Å². The second kappa shape index (κ2) is 6.68. The average molecular weight is 269 g/mol. The lowest BCUT2D eigenvalue weighted by atomic mass is 10.1. The van der Waals surface area contributed by atoms with Gasteiger partial charge in [-0.25, -0.2) is 0 Å². The van der Waals surface area contributed by atoms with E-state index in [1.165, 1.54) is 0 Å². The number of amides is 1. The number of ether oxygens (including phenoxy) is 1. The number of nitrogens with one attached hydrogen (secondary N) is 1. The van der Waals surface area contributed by atoms with Gasteiger partial charge in [0.15, 0.2) is 0 Å². The van der Waals surface area contributed by atoms with Gasteiger partial charge >= 0.3 is 0 Å². The predicted molar refractivity (Wildman–Crippen MR) is 75.1 cm³/mol. The van der Waals surface area contributed by atoms with E-state index < -0.39 is 0 Å². The van der Waals surface area contributed by atoms with Crippen molar-refractivity contribution >= 4 is 5.91 Å². The lowest BCUT2D eigenvalue weighted by molar-refractivity contribution is -0.131. The number of carbonyl (C=O) groups excluding carboxylic acids is 1. The van der Waals surface area contributed by atoms with Crippen LogP contribution in [0.25, 0.3) is 0 Å². The SMILES string of the molecule is CNCC(=O)N1CCC[C@@H]1CN1C[C@H](C)O[C@@H](C)C1. The van der Waals surface area contributed by atoms with Crippen molar-refractivity contribution in [3.8, 4) is 0 Å². The molecular formula is C14H27N3O2. The molecule has 110 valence electrons. The molecule has 5 nitrogen and oxygen atoms in total. The van der Waals surface area contributed by atoms with Gasteiger partial charge in [0.1, 0.15) is 0 Å². The minimum atomic E-state index is 0.236. The summed E-state index contributed by atoms with van der Waals surface area (Å²) in [4.78, 5) is 16.6. The molecule has 19 heavy (non-hydrogen) atoms. The Bertz CT molecular complexity index is 301. The van der Waals surface area contributed by atoms with E-state index in [-0.39, 0.29) is 5.91 Å². The van der Waals surface area contributed by atoms with Crippen LogP contribution in [0.15, 0.2) is 0 Å². The van der Waals surface area contributed by atoms with E-state index in [0.29, 0.717) is 24.8 Å². The number of likely N-dealkylation sites (N-methyl/N-ethyl adjacent to an activating group) is 1. The monoisotopic (exact) mass is 269 g/mol. The molecule has 0 aromatic carbocycles. The van der Waals surface area contributed by atoms with E-state index in [2.05, 4.69) is 29.0 Å².